The van der Waals surface area contributed by atoms with Crippen molar-refractivity contribution in [3.05, 3.63) is 71.5 Å². The van der Waals surface area contributed by atoms with E-state index in [0.29, 0.717) is 18.9 Å². The second-order valence-electron chi connectivity index (χ2n) is 6.85. The van der Waals surface area contributed by atoms with Crippen molar-refractivity contribution in [2.75, 3.05) is 26.3 Å². The summed E-state index contributed by atoms with van der Waals surface area (Å²) in [6.07, 6.45) is 1.86. The predicted octanol–water partition coefficient (Wildman–Crippen LogP) is 2.75. The zero-order valence-electron chi connectivity index (χ0n) is 16.4. The van der Waals surface area contributed by atoms with Gasteiger partial charge in [0.2, 0.25) is 0 Å². The molecule has 0 radical (unpaired) electrons. The standard InChI is InChI=1S/C22H24N4O3/c1-2-28-19-5-3-4-18(13-19)26-24-14-20(25-26)21(27)12-16-6-8-17(9-7-16)22-15-23-10-11-29-22/h3-9,13-14,22-23H,2,10-12,15H2,1H3/t22-/m1/s1. The van der Waals surface area contributed by atoms with E-state index in [1.54, 1.807) is 0 Å². The van der Waals surface area contributed by atoms with Crippen LogP contribution in [-0.2, 0) is 11.2 Å². The van der Waals surface area contributed by atoms with Crippen molar-refractivity contribution in [2.24, 2.45) is 0 Å². The first-order valence-corrected chi connectivity index (χ1v) is 9.83. The summed E-state index contributed by atoms with van der Waals surface area (Å²) in [5.41, 5.74) is 3.15. The molecule has 7 heteroatoms. The molecule has 1 atom stereocenters. The van der Waals surface area contributed by atoms with E-state index >= 15 is 0 Å². The monoisotopic (exact) mass is 392 g/mol. The van der Waals surface area contributed by atoms with Gasteiger partial charge in [-0.25, -0.2) is 0 Å². The molecule has 2 aromatic carbocycles. The number of ether oxygens (including phenoxy) is 2. The number of rotatable bonds is 7. The lowest BCUT2D eigenvalue weighted by Crippen LogP contribution is -2.33. The number of carbonyl (C=O) groups is 1. The van der Waals surface area contributed by atoms with Gasteiger partial charge in [-0.1, -0.05) is 30.3 Å². The Morgan fingerprint density at radius 3 is 2.90 bits per heavy atom. The van der Waals surface area contributed by atoms with Gasteiger partial charge in [-0.05, 0) is 30.2 Å². The summed E-state index contributed by atoms with van der Waals surface area (Å²) in [4.78, 5) is 14.1. The normalized spacial score (nSPS) is 16.5. The molecule has 0 unspecified atom stereocenters. The lowest BCUT2D eigenvalue weighted by atomic mass is 10.0. The molecule has 3 aromatic rings. The summed E-state index contributed by atoms with van der Waals surface area (Å²) in [5.74, 6) is 0.674. The van der Waals surface area contributed by atoms with E-state index in [2.05, 4.69) is 15.5 Å². The van der Waals surface area contributed by atoms with Crippen LogP contribution in [0.15, 0.2) is 54.7 Å². The van der Waals surface area contributed by atoms with E-state index in [1.165, 1.54) is 11.0 Å². The van der Waals surface area contributed by atoms with Crippen LogP contribution < -0.4 is 10.1 Å². The molecular formula is C22H24N4O3. The molecule has 0 saturated carbocycles. The van der Waals surface area contributed by atoms with Crippen molar-refractivity contribution in [3.8, 4) is 11.4 Å². The molecule has 1 saturated heterocycles. The maximum absolute atomic E-state index is 12.6. The minimum absolute atomic E-state index is 0.0689. The molecular weight excluding hydrogens is 368 g/mol. The highest BCUT2D eigenvalue weighted by molar-refractivity contribution is 5.95. The molecule has 1 fully saturated rings. The number of nitrogens with one attached hydrogen (secondary N) is 1. The Balaban J connectivity index is 1.42. The maximum atomic E-state index is 12.6. The Morgan fingerprint density at radius 2 is 2.14 bits per heavy atom. The number of aromatic nitrogens is 3. The van der Waals surface area contributed by atoms with Crippen LogP contribution in [0.2, 0.25) is 0 Å². The van der Waals surface area contributed by atoms with E-state index in [9.17, 15) is 4.79 Å². The van der Waals surface area contributed by atoms with Crippen LogP contribution in [0, 0.1) is 0 Å². The van der Waals surface area contributed by atoms with E-state index in [1.807, 2.05) is 55.5 Å². The molecule has 1 aliphatic rings. The van der Waals surface area contributed by atoms with Crippen molar-refractivity contribution < 1.29 is 14.3 Å². The first-order valence-electron chi connectivity index (χ1n) is 9.83. The first kappa shape index (κ1) is 19.3. The summed E-state index contributed by atoms with van der Waals surface area (Å²) in [6, 6.07) is 15.5. The van der Waals surface area contributed by atoms with Crippen LogP contribution in [0.4, 0.5) is 0 Å². The molecule has 2 heterocycles. The van der Waals surface area contributed by atoms with Crippen molar-refractivity contribution in [1.82, 2.24) is 20.3 Å². The molecule has 0 bridgehead atoms. The van der Waals surface area contributed by atoms with Crippen LogP contribution in [-0.4, -0.2) is 47.1 Å². The summed E-state index contributed by atoms with van der Waals surface area (Å²) in [6.45, 7) is 4.93. The Hall–Kier alpha value is -3.03. The minimum atomic E-state index is -0.0689. The van der Waals surface area contributed by atoms with Gasteiger partial charge in [0.25, 0.3) is 0 Å². The Morgan fingerprint density at radius 1 is 1.28 bits per heavy atom. The molecule has 1 N–H and O–H groups in total. The Bertz CT molecular complexity index is 962. The lowest BCUT2D eigenvalue weighted by Gasteiger charge is -2.24. The largest absolute Gasteiger partial charge is 0.494 e. The first-order chi connectivity index (χ1) is 14.2. The molecule has 0 amide bonds. The molecule has 1 aliphatic heterocycles. The maximum Gasteiger partial charge on any atom is 0.189 e. The fourth-order valence-corrected chi connectivity index (χ4v) is 3.29. The molecule has 7 nitrogen and oxygen atoms in total. The highest BCUT2D eigenvalue weighted by Gasteiger charge is 2.16. The number of carbonyl (C=O) groups excluding carboxylic acids is 1. The number of hydrogen-bond donors (Lipinski definition) is 1. The predicted molar refractivity (Wildman–Crippen MR) is 109 cm³/mol. The van der Waals surface area contributed by atoms with Gasteiger partial charge in [-0.2, -0.15) is 9.90 Å². The summed E-state index contributed by atoms with van der Waals surface area (Å²) < 4.78 is 11.3. The van der Waals surface area contributed by atoms with Gasteiger partial charge in [-0.15, -0.1) is 5.10 Å². The van der Waals surface area contributed by atoms with Crippen molar-refractivity contribution >= 4 is 5.78 Å². The van der Waals surface area contributed by atoms with E-state index in [-0.39, 0.29) is 18.3 Å². The van der Waals surface area contributed by atoms with Crippen molar-refractivity contribution in [2.45, 2.75) is 19.4 Å². The second kappa shape index (κ2) is 8.98. The summed E-state index contributed by atoms with van der Waals surface area (Å²) >= 11 is 0. The van der Waals surface area contributed by atoms with Crippen molar-refractivity contribution in [3.63, 3.8) is 0 Å². The molecule has 0 aliphatic carbocycles. The number of nitrogens with zero attached hydrogens (tertiary/aromatic N) is 3. The topological polar surface area (TPSA) is 78.3 Å². The van der Waals surface area contributed by atoms with E-state index in [4.69, 9.17) is 9.47 Å². The fraction of sp³-hybridized carbons (Fsp3) is 0.318. The average Bonchev–Trinajstić information content (AvgIpc) is 3.26. The van der Waals surface area contributed by atoms with Gasteiger partial charge in [-0.3, -0.25) is 4.79 Å². The number of ketones is 1. The average molecular weight is 392 g/mol. The van der Waals surface area contributed by atoms with Crippen LogP contribution in [0.5, 0.6) is 5.75 Å². The zero-order chi connectivity index (χ0) is 20.1. The van der Waals surface area contributed by atoms with Gasteiger partial charge in [0.05, 0.1) is 31.2 Å². The number of hydrogen-bond acceptors (Lipinski definition) is 6. The van der Waals surface area contributed by atoms with Gasteiger partial charge in [0.1, 0.15) is 11.4 Å². The fourth-order valence-electron chi connectivity index (χ4n) is 3.29. The van der Waals surface area contributed by atoms with Crippen LogP contribution >= 0.6 is 0 Å². The third kappa shape index (κ3) is 4.70. The Kier molecular flexibility index (Phi) is 5.97. The highest BCUT2D eigenvalue weighted by Crippen LogP contribution is 2.20. The SMILES string of the molecule is CCOc1cccc(-n2ncc(C(=O)Cc3ccc([C@H]4CNCCO4)cc3)n2)c1. The van der Waals surface area contributed by atoms with Gasteiger partial charge in [0, 0.05) is 25.6 Å². The number of Topliss-reactive ketones (excluding diaryl/α,β-unsaturated/α-hetero) is 1. The van der Waals surface area contributed by atoms with Crippen molar-refractivity contribution in [1.29, 1.82) is 0 Å². The number of benzene rings is 2. The molecule has 150 valence electrons. The Labute approximate surface area is 169 Å². The zero-order valence-corrected chi connectivity index (χ0v) is 16.4. The quantitative estimate of drug-likeness (QED) is 0.623. The smallest absolute Gasteiger partial charge is 0.189 e. The summed E-state index contributed by atoms with van der Waals surface area (Å²) in [7, 11) is 0. The van der Waals surface area contributed by atoms with Crippen LogP contribution in [0.3, 0.4) is 0 Å². The minimum Gasteiger partial charge on any atom is -0.494 e. The second-order valence-corrected chi connectivity index (χ2v) is 6.85. The third-order valence-electron chi connectivity index (χ3n) is 4.78. The van der Waals surface area contributed by atoms with Gasteiger partial charge >= 0.3 is 0 Å². The van der Waals surface area contributed by atoms with Crippen LogP contribution in [0.1, 0.15) is 34.6 Å². The highest BCUT2D eigenvalue weighted by atomic mass is 16.5. The van der Waals surface area contributed by atoms with Gasteiger partial charge in [0.15, 0.2) is 5.78 Å². The lowest BCUT2D eigenvalue weighted by molar-refractivity contribution is 0.0277. The third-order valence-corrected chi connectivity index (χ3v) is 4.78. The molecule has 1 aromatic heterocycles. The van der Waals surface area contributed by atoms with Crippen LogP contribution in [0.25, 0.3) is 5.69 Å². The van der Waals surface area contributed by atoms with Gasteiger partial charge < -0.3 is 14.8 Å². The van der Waals surface area contributed by atoms with E-state index in [0.717, 1.165) is 35.7 Å². The molecule has 0 spiro atoms. The van der Waals surface area contributed by atoms with E-state index < -0.39 is 0 Å². The molecule has 29 heavy (non-hydrogen) atoms. The number of morpholine rings is 1. The molecule has 4 rings (SSSR count). The summed E-state index contributed by atoms with van der Waals surface area (Å²) in [5, 5.41) is 11.9.